The number of likely N-dealkylation sites (N-methyl/N-ethyl adjacent to an activating group) is 1. The molecule has 3 aliphatic carbocycles. The fraction of sp³-hybridized carbons (Fsp3) is 0.674. The molecular formula is C43H67N5O6. The summed E-state index contributed by atoms with van der Waals surface area (Å²) in [7, 11) is 7.66. The molecule has 2 bridgehead atoms. The first-order chi connectivity index (χ1) is 25.5. The molecule has 9 atom stereocenters. The number of nitrogens with zero attached hydrogens (tertiary/aromatic N) is 3. The minimum Gasteiger partial charge on any atom is -0.496 e. The zero-order valence-corrected chi connectivity index (χ0v) is 34.6. The number of methoxy groups -OCH3 is 1. The lowest BCUT2D eigenvalue weighted by molar-refractivity contribution is -0.183. The van der Waals surface area contributed by atoms with Crippen molar-refractivity contribution in [3.63, 3.8) is 0 Å². The number of hydrogen-bond acceptors (Lipinski definition) is 9. The molecule has 300 valence electrons. The maximum absolute atomic E-state index is 14.3. The summed E-state index contributed by atoms with van der Waals surface area (Å²) in [6.07, 6.45) is 1.36. The van der Waals surface area contributed by atoms with Crippen LogP contribution in [0.15, 0.2) is 36.4 Å². The molecule has 0 spiro atoms. The van der Waals surface area contributed by atoms with Crippen molar-refractivity contribution in [3.8, 4) is 16.9 Å². The second-order valence-corrected chi connectivity index (χ2v) is 17.6. The standard InChI is InChI=1S/C43H67N5O6/c1-12-47(10)33-18-29(17-30(19-33)41(51)44-32(16-25(2)3)23-46(8)9)34-15-13-14-28(40(34)53-11)22-48-39(38(27(5)50)37(24-49)54-48)42(52)45-36-21-31-20-35(26(36)4)43(31,6)7/h13-15,17-19,25-27,31-32,35-39,49-50H,12,16,20-24H2,1-11H3,(H,44,51)(H,45,52)/t26-,27-,31+,32-,35-,36-,37-,38+,39-/m0/s1. The Morgan fingerprint density at radius 1 is 1.11 bits per heavy atom. The van der Waals surface area contributed by atoms with Crippen molar-refractivity contribution < 1.29 is 29.4 Å². The summed E-state index contributed by atoms with van der Waals surface area (Å²) < 4.78 is 6.11. The van der Waals surface area contributed by atoms with Gasteiger partial charge >= 0.3 is 0 Å². The molecule has 11 nitrogen and oxygen atoms in total. The lowest BCUT2D eigenvalue weighted by atomic mass is 9.45. The summed E-state index contributed by atoms with van der Waals surface area (Å²) in [6, 6.07) is 11.0. The van der Waals surface area contributed by atoms with Crippen molar-refractivity contribution >= 4 is 17.5 Å². The van der Waals surface area contributed by atoms with Crippen molar-refractivity contribution in [2.45, 2.75) is 105 Å². The van der Waals surface area contributed by atoms with Gasteiger partial charge in [-0.2, -0.15) is 5.06 Å². The largest absolute Gasteiger partial charge is 0.496 e. The normalized spacial score (nSPS) is 27.4. The highest BCUT2D eigenvalue weighted by molar-refractivity contribution is 5.97. The second-order valence-electron chi connectivity index (χ2n) is 17.6. The highest BCUT2D eigenvalue weighted by Gasteiger charge is 2.57. The Labute approximate surface area is 323 Å². The van der Waals surface area contributed by atoms with Gasteiger partial charge in [-0.15, -0.1) is 0 Å². The average Bonchev–Trinajstić information content (AvgIpc) is 3.49. The molecular weight excluding hydrogens is 683 g/mol. The topological polar surface area (TPSA) is 127 Å². The number of rotatable bonds is 16. The number of ether oxygens (including phenoxy) is 1. The molecule has 1 heterocycles. The lowest BCUT2D eigenvalue weighted by Crippen LogP contribution is -2.62. The van der Waals surface area contributed by atoms with Crippen molar-refractivity contribution in [1.82, 2.24) is 20.6 Å². The van der Waals surface area contributed by atoms with E-state index in [0.717, 1.165) is 48.3 Å². The number of para-hydroxylation sites is 1. The Balaban J connectivity index is 1.46. The monoisotopic (exact) mass is 750 g/mol. The Morgan fingerprint density at radius 2 is 1.83 bits per heavy atom. The summed E-state index contributed by atoms with van der Waals surface area (Å²) >= 11 is 0. The number of carbonyl (C=O) groups excluding carboxylic acids is 2. The average molecular weight is 750 g/mol. The first kappa shape index (κ1) is 41.9. The maximum Gasteiger partial charge on any atom is 0.251 e. The van der Waals surface area contributed by atoms with Gasteiger partial charge in [0.25, 0.3) is 5.91 Å². The number of carbonyl (C=O) groups is 2. The van der Waals surface area contributed by atoms with Crippen molar-refractivity contribution in [3.05, 3.63) is 47.5 Å². The Morgan fingerprint density at radius 3 is 2.41 bits per heavy atom. The number of hydroxylamine groups is 2. The number of benzene rings is 2. The fourth-order valence-electron chi connectivity index (χ4n) is 9.59. The van der Waals surface area contributed by atoms with Crippen molar-refractivity contribution in [2.24, 2.45) is 35.0 Å². The van der Waals surface area contributed by atoms with E-state index >= 15 is 0 Å². The molecule has 4 N–H and O–H groups in total. The van der Waals surface area contributed by atoms with E-state index in [2.05, 4.69) is 68.0 Å². The fourth-order valence-corrected chi connectivity index (χ4v) is 9.59. The summed E-state index contributed by atoms with van der Waals surface area (Å²) in [5, 5.41) is 29.6. The van der Waals surface area contributed by atoms with Crippen LogP contribution in [0.5, 0.6) is 5.75 Å². The van der Waals surface area contributed by atoms with E-state index in [1.807, 2.05) is 51.5 Å². The summed E-state index contributed by atoms with van der Waals surface area (Å²) in [5.74, 6) is 1.54. The lowest BCUT2D eigenvalue weighted by Gasteiger charge is -2.62. The van der Waals surface area contributed by atoms with Crippen LogP contribution in [0.4, 0.5) is 5.69 Å². The zero-order chi connectivity index (χ0) is 39.6. The van der Waals surface area contributed by atoms with E-state index in [1.54, 1.807) is 19.1 Å². The number of nitrogens with one attached hydrogen (secondary N) is 2. The van der Waals surface area contributed by atoms with Gasteiger partial charge < -0.3 is 35.4 Å². The highest BCUT2D eigenvalue weighted by Crippen LogP contribution is 2.61. The second kappa shape index (κ2) is 17.3. The predicted molar refractivity (Wildman–Crippen MR) is 214 cm³/mol. The van der Waals surface area contributed by atoms with Gasteiger partial charge in [0.15, 0.2) is 0 Å². The summed E-state index contributed by atoms with van der Waals surface area (Å²) in [4.78, 5) is 38.7. The minimum atomic E-state index is -0.895. The molecule has 2 aromatic carbocycles. The quantitative estimate of drug-likeness (QED) is 0.184. The molecule has 0 aromatic heterocycles. The third-order valence-electron chi connectivity index (χ3n) is 12.8. The molecule has 2 aromatic rings. The van der Waals surface area contributed by atoms with Gasteiger partial charge in [0.1, 0.15) is 17.9 Å². The highest BCUT2D eigenvalue weighted by atomic mass is 16.7. The molecule has 0 unspecified atom stereocenters. The molecule has 4 aliphatic rings. The molecule has 54 heavy (non-hydrogen) atoms. The number of amides is 2. The number of anilines is 1. The molecule has 1 aliphatic heterocycles. The van der Waals surface area contributed by atoms with E-state index in [1.165, 1.54) is 6.42 Å². The van der Waals surface area contributed by atoms with Gasteiger partial charge in [-0.3, -0.25) is 14.4 Å². The molecule has 3 saturated carbocycles. The van der Waals surface area contributed by atoms with Gasteiger partial charge in [-0.05, 0) is 100 Å². The molecule has 11 heteroatoms. The van der Waals surface area contributed by atoms with Crippen LogP contribution >= 0.6 is 0 Å². The van der Waals surface area contributed by atoms with Crippen LogP contribution in [0.3, 0.4) is 0 Å². The first-order valence-corrected chi connectivity index (χ1v) is 20.0. The molecule has 0 radical (unpaired) electrons. The third-order valence-corrected chi connectivity index (χ3v) is 12.8. The SMILES string of the molecule is CCN(C)c1cc(C(=O)N[C@@H](CC(C)C)CN(C)C)cc(-c2cccc(CN3O[C@@H](CO)[C@@H]([C@H](C)O)[C@H]3C(=O)N[C@H]3C[C@H]4C[C@@H]([C@@H]3C)C4(C)C)c2OC)c1. The van der Waals surface area contributed by atoms with E-state index in [4.69, 9.17) is 9.57 Å². The van der Waals surface area contributed by atoms with Gasteiger partial charge in [0.2, 0.25) is 5.91 Å². The number of hydrogen-bond donors (Lipinski definition) is 4. The zero-order valence-electron chi connectivity index (χ0n) is 34.6. The van der Waals surface area contributed by atoms with Crippen molar-refractivity contribution in [1.29, 1.82) is 0 Å². The Bertz CT molecular complexity index is 1600. The van der Waals surface area contributed by atoms with Gasteiger partial charge in [-0.1, -0.05) is 52.8 Å². The predicted octanol–water partition coefficient (Wildman–Crippen LogP) is 5.19. The van der Waals surface area contributed by atoms with Gasteiger partial charge in [-0.25, -0.2) is 0 Å². The summed E-state index contributed by atoms with van der Waals surface area (Å²) in [6.45, 7) is 16.3. The van der Waals surface area contributed by atoms with Crippen LogP contribution in [0.25, 0.3) is 11.1 Å². The van der Waals surface area contributed by atoms with Crippen LogP contribution in [-0.4, -0.2) is 110 Å². The molecule has 6 rings (SSSR count). The van der Waals surface area contributed by atoms with Crippen LogP contribution < -0.4 is 20.3 Å². The maximum atomic E-state index is 14.3. The van der Waals surface area contributed by atoms with E-state index in [0.29, 0.717) is 35.0 Å². The van der Waals surface area contributed by atoms with E-state index in [9.17, 15) is 19.8 Å². The van der Waals surface area contributed by atoms with Crippen LogP contribution in [-0.2, 0) is 16.2 Å². The number of aliphatic hydroxyl groups is 2. The number of aliphatic hydroxyl groups excluding tert-OH is 2. The molecule has 2 amide bonds. The van der Waals surface area contributed by atoms with E-state index in [-0.39, 0.29) is 42.5 Å². The molecule has 4 fully saturated rings. The van der Waals surface area contributed by atoms with E-state index < -0.39 is 24.2 Å². The first-order valence-electron chi connectivity index (χ1n) is 20.0. The number of fused-ring (bicyclic) bond motifs is 2. The Kier molecular flexibility index (Phi) is 13.4. The Hall–Kier alpha value is -3.22. The van der Waals surface area contributed by atoms with Crippen molar-refractivity contribution in [2.75, 3.05) is 52.8 Å². The van der Waals surface area contributed by atoms with Gasteiger partial charge in [0.05, 0.1) is 26.4 Å². The summed E-state index contributed by atoms with van der Waals surface area (Å²) in [5.41, 5.74) is 4.14. The smallest absolute Gasteiger partial charge is 0.251 e. The van der Waals surface area contributed by atoms with Crippen LogP contribution in [0.2, 0.25) is 0 Å². The van der Waals surface area contributed by atoms with Crippen LogP contribution in [0.1, 0.15) is 83.7 Å². The van der Waals surface area contributed by atoms with Gasteiger partial charge in [0, 0.05) is 60.5 Å². The minimum absolute atomic E-state index is 0.000876. The molecule has 1 saturated heterocycles. The third kappa shape index (κ3) is 8.76. The van der Waals surface area contributed by atoms with Crippen LogP contribution in [0, 0.1) is 35.0 Å².